The van der Waals surface area contributed by atoms with Gasteiger partial charge < -0.3 is 36.6 Å². The van der Waals surface area contributed by atoms with E-state index in [1.54, 1.807) is 18.3 Å². The molecular weight excluding hydrogens is 685 g/mol. The molecule has 4 aromatic rings. The number of nitrogens with two attached hydrogens (primary N) is 1. The van der Waals surface area contributed by atoms with Gasteiger partial charge in [0.25, 0.3) is 0 Å². The van der Waals surface area contributed by atoms with Crippen molar-refractivity contribution in [2.24, 2.45) is 5.73 Å². The first-order valence-corrected chi connectivity index (χ1v) is 19.7. The van der Waals surface area contributed by atoms with E-state index in [0.717, 1.165) is 80.3 Å². The Kier molecular flexibility index (Phi) is 14.9. The molecule has 1 atom stereocenters. The van der Waals surface area contributed by atoms with Crippen LogP contribution in [0, 0.1) is 0 Å². The first kappa shape index (κ1) is 39.0. The lowest BCUT2D eigenvalue weighted by atomic mass is 9.95. The maximum atomic E-state index is 13.0. The Hall–Kier alpha value is -4.73. The maximum absolute atomic E-state index is 13.0. The molecule has 3 aromatic heterocycles. The van der Waals surface area contributed by atoms with Gasteiger partial charge in [0, 0.05) is 49.7 Å². The van der Waals surface area contributed by atoms with Gasteiger partial charge in [-0.2, -0.15) is 4.98 Å². The molecule has 1 amide bonds. The van der Waals surface area contributed by atoms with Crippen molar-refractivity contribution < 1.29 is 14.3 Å². The van der Waals surface area contributed by atoms with Crippen LogP contribution in [0.2, 0.25) is 0 Å². The summed E-state index contributed by atoms with van der Waals surface area (Å²) in [6, 6.07) is 13.3. The van der Waals surface area contributed by atoms with Crippen LogP contribution >= 0.6 is 0 Å². The predicted molar refractivity (Wildman–Crippen MR) is 208 cm³/mol. The number of esters is 1. The van der Waals surface area contributed by atoms with Crippen LogP contribution in [-0.2, 0) is 34.0 Å². The molecule has 1 saturated carbocycles. The molecule has 0 spiro atoms. The molecular formula is C39H56N12O3. The minimum atomic E-state index is -0.863. The van der Waals surface area contributed by atoms with E-state index in [1.807, 2.05) is 46.1 Å². The van der Waals surface area contributed by atoms with Crippen molar-refractivity contribution in [2.75, 3.05) is 43.4 Å². The third-order valence-electron chi connectivity index (χ3n) is 10.2. The van der Waals surface area contributed by atoms with Crippen LogP contribution in [0.5, 0.6) is 0 Å². The Morgan fingerprint density at radius 2 is 1.72 bits per heavy atom. The van der Waals surface area contributed by atoms with Crippen molar-refractivity contribution >= 4 is 34.5 Å². The second-order valence-electron chi connectivity index (χ2n) is 14.4. The van der Waals surface area contributed by atoms with Gasteiger partial charge >= 0.3 is 5.97 Å². The zero-order valence-corrected chi connectivity index (χ0v) is 31.3. The lowest BCUT2D eigenvalue weighted by molar-refractivity contribution is -0.147. The van der Waals surface area contributed by atoms with Gasteiger partial charge in [0.15, 0.2) is 0 Å². The number of nitrogens with one attached hydrogen (secondary N) is 4. The zero-order valence-electron chi connectivity index (χ0n) is 31.3. The fourth-order valence-corrected chi connectivity index (χ4v) is 7.04. The van der Waals surface area contributed by atoms with Gasteiger partial charge in [0.1, 0.15) is 24.2 Å². The summed E-state index contributed by atoms with van der Waals surface area (Å²) < 4.78 is 7.16. The van der Waals surface area contributed by atoms with E-state index in [9.17, 15) is 9.59 Å². The number of anilines is 2. The average Bonchev–Trinajstić information content (AvgIpc) is 3.67. The summed E-state index contributed by atoms with van der Waals surface area (Å²) in [5.41, 5.74) is 8.33. The highest BCUT2D eigenvalue weighted by Crippen LogP contribution is 2.25. The number of piperidine rings is 1. The van der Waals surface area contributed by atoms with E-state index in [4.69, 9.17) is 20.4 Å². The molecule has 2 fully saturated rings. The number of benzene rings is 1. The number of ether oxygens (including phenoxy) is 1. The first-order valence-electron chi connectivity index (χ1n) is 19.7. The van der Waals surface area contributed by atoms with Gasteiger partial charge in [-0.25, -0.2) is 4.98 Å². The largest absolute Gasteiger partial charge is 0.458 e. The summed E-state index contributed by atoms with van der Waals surface area (Å²) in [7, 11) is 0. The van der Waals surface area contributed by atoms with Crippen LogP contribution < -0.4 is 27.0 Å². The molecule has 6 N–H and O–H groups in total. The number of carbonyl (C=O) groups is 2. The standard InChI is InChI=1S/C39H56N12O3/c40-34(38(53)54-28-31-12-6-7-21-43-31)15-16-36(52)50-24-17-30(18-25-50)45-37-33-13-4-5-14-35(33)46-39(47-37)44-26-32-27-51(49-48-32)23-9-20-41-19-8-22-42-29-10-2-1-3-11-29/h4-7,12-14,21,27,29-30,34,41-42H,1-3,8-11,15-20,22-26,28,40H2,(H2,44,45,46,47)/t34-/m0/s1. The summed E-state index contributed by atoms with van der Waals surface area (Å²) in [5.74, 6) is 0.720. The average molecular weight is 741 g/mol. The second kappa shape index (κ2) is 20.7. The zero-order chi connectivity index (χ0) is 37.4. The fourth-order valence-electron chi connectivity index (χ4n) is 7.04. The number of hydrogen-bond donors (Lipinski definition) is 5. The number of hydrogen-bond acceptors (Lipinski definition) is 13. The smallest absolute Gasteiger partial charge is 0.323 e. The van der Waals surface area contributed by atoms with E-state index in [2.05, 4.69) is 36.6 Å². The topological polar surface area (TPSA) is 190 Å². The molecule has 6 rings (SSSR count). The van der Waals surface area contributed by atoms with E-state index < -0.39 is 12.0 Å². The lowest BCUT2D eigenvalue weighted by Crippen LogP contribution is -2.43. The van der Waals surface area contributed by atoms with Crippen LogP contribution in [0.25, 0.3) is 10.9 Å². The Labute approximate surface area is 317 Å². The normalized spacial score (nSPS) is 16.0. The number of likely N-dealkylation sites (tertiary alicyclic amines) is 1. The third kappa shape index (κ3) is 12.1. The molecule has 2 aliphatic rings. The van der Waals surface area contributed by atoms with Crippen LogP contribution in [0.4, 0.5) is 11.8 Å². The number of aromatic nitrogens is 6. The monoisotopic (exact) mass is 740 g/mol. The number of nitrogens with zero attached hydrogens (tertiary/aromatic N) is 7. The van der Waals surface area contributed by atoms with Gasteiger partial charge in [-0.1, -0.05) is 42.7 Å². The molecule has 1 saturated heterocycles. The molecule has 15 heteroatoms. The van der Waals surface area contributed by atoms with Crippen molar-refractivity contribution in [1.82, 2.24) is 45.5 Å². The molecule has 1 aliphatic carbocycles. The van der Waals surface area contributed by atoms with Gasteiger partial charge in [-0.15, -0.1) is 5.10 Å². The number of fused-ring (bicyclic) bond motifs is 1. The minimum absolute atomic E-state index is 0.0120. The number of carbonyl (C=O) groups excluding carboxylic acids is 2. The Morgan fingerprint density at radius 1 is 0.907 bits per heavy atom. The molecule has 54 heavy (non-hydrogen) atoms. The fraction of sp³-hybridized carbons (Fsp3) is 0.564. The molecule has 15 nitrogen and oxygen atoms in total. The van der Waals surface area contributed by atoms with Gasteiger partial charge in [-0.3, -0.25) is 19.3 Å². The Bertz CT molecular complexity index is 1740. The van der Waals surface area contributed by atoms with Gasteiger partial charge in [0.2, 0.25) is 11.9 Å². The second-order valence-corrected chi connectivity index (χ2v) is 14.4. The molecule has 1 aliphatic heterocycles. The molecule has 0 radical (unpaired) electrons. The number of amides is 1. The van der Waals surface area contributed by atoms with E-state index in [1.165, 1.54) is 32.1 Å². The van der Waals surface area contributed by atoms with Gasteiger partial charge in [0.05, 0.1) is 24.0 Å². The maximum Gasteiger partial charge on any atom is 0.323 e. The summed E-state index contributed by atoms with van der Waals surface area (Å²) in [4.78, 5) is 40.9. The van der Waals surface area contributed by atoms with Crippen molar-refractivity contribution in [3.8, 4) is 0 Å². The van der Waals surface area contributed by atoms with Gasteiger partial charge in [-0.05, 0) is 88.8 Å². The van der Waals surface area contributed by atoms with Crippen LogP contribution in [0.3, 0.4) is 0 Å². The Morgan fingerprint density at radius 3 is 2.56 bits per heavy atom. The van der Waals surface area contributed by atoms with Crippen molar-refractivity contribution in [3.05, 3.63) is 66.2 Å². The molecule has 1 aromatic carbocycles. The predicted octanol–water partition coefficient (Wildman–Crippen LogP) is 3.77. The molecule has 4 heterocycles. The van der Waals surface area contributed by atoms with Crippen molar-refractivity contribution in [2.45, 2.75) is 108 Å². The first-order chi connectivity index (χ1) is 26.5. The van der Waals surface area contributed by atoms with Crippen LogP contribution in [0.15, 0.2) is 54.9 Å². The number of rotatable bonds is 20. The van der Waals surface area contributed by atoms with Crippen LogP contribution in [0.1, 0.15) is 82.0 Å². The minimum Gasteiger partial charge on any atom is -0.458 e. The molecule has 0 unspecified atom stereocenters. The third-order valence-corrected chi connectivity index (χ3v) is 10.2. The van der Waals surface area contributed by atoms with Crippen molar-refractivity contribution in [1.29, 1.82) is 0 Å². The summed E-state index contributed by atoms with van der Waals surface area (Å²) in [5, 5.41) is 23.8. The number of aryl methyl sites for hydroxylation is 1. The summed E-state index contributed by atoms with van der Waals surface area (Å²) in [6.45, 7) is 5.59. The van der Waals surface area contributed by atoms with Crippen molar-refractivity contribution in [3.63, 3.8) is 0 Å². The van der Waals surface area contributed by atoms with Crippen LogP contribution in [-0.4, -0.2) is 97.6 Å². The van der Waals surface area contributed by atoms with E-state index >= 15 is 0 Å². The summed E-state index contributed by atoms with van der Waals surface area (Å²) >= 11 is 0. The highest BCUT2D eigenvalue weighted by Gasteiger charge is 2.25. The highest BCUT2D eigenvalue weighted by molar-refractivity contribution is 5.90. The quantitative estimate of drug-likeness (QED) is 0.0651. The molecule has 290 valence electrons. The van der Waals surface area contributed by atoms with E-state index in [0.29, 0.717) is 31.3 Å². The number of para-hydroxylation sites is 1. The lowest BCUT2D eigenvalue weighted by Gasteiger charge is -2.33. The molecule has 0 bridgehead atoms. The summed E-state index contributed by atoms with van der Waals surface area (Å²) in [6.07, 6.45) is 14.5. The SMILES string of the molecule is N[C@@H](CCC(=O)N1CCC(Nc2nc(NCc3cn(CCCNCCCNC4CCCCC4)nn3)nc3ccccc23)CC1)C(=O)OCc1ccccn1. The number of pyridine rings is 1. The Balaban J connectivity index is 0.896. The van der Waals surface area contributed by atoms with E-state index in [-0.39, 0.29) is 31.4 Å². The highest BCUT2D eigenvalue weighted by atomic mass is 16.5.